The van der Waals surface area contributed by atoms with Gasteiger partial charge in [-0.25, -0.2) is 12.8 Å². The van der Waals surface area contributed by atoms with Gasteiger partial charge in [0, 0.05) is 13.1 Å². The van der Waals surface area contributed by atoms with Crippen molar-refractivity contribution in [2.24, 2.45) is 0 Å². The van der Waals surface area contributed by atoms with E-state index in [1.165, 1.54) is 29.2 Å². The predicted molar refractivity (Wildman–Crippen MR) is 142 cm³/mol. The number of carbonyl (C=O) groups is 2. The summed E-state index contributed by atoms with van der Waals surface area (Å²) in [6, 6.07) is 11.8. The van der Waals surface area contributed by atoms with Gasteiger partial charge in [0.05, 0.1) is 11.9 Å². The number of anilines is 1. The predicted octanol–water partition coefficient (Wildman–Crippen LogP) is 4.22. The molecule has 2 aromatic rings. The van der Waals surface area contributed by atoms with E-state index in [1.54, 1.807) is 19.1 Å². The first-order valence-electron chi connectivity index (χ1n) is 12.1. The van der Waals surface area contributed by atoms with Crippen molar-refractivity contribution in [3.63, 3.8) is 0 Å². The van der Waals surface area contributed by atoms with Gasteiger partial charge in [-0.3, -0.25) is 13.9 Å². The van der Waals surface area contributed by atoms with Crippen LogP contribution in [0.2, 0.25) is 0 Å². The van der Waals surface area contributed by atoms with Gasteiger partial charge in [-0.15, -0.1) is 0 Å². The number of nitrogens with zero attached hydrogens (tertiary/aromatic N) is 2. The summed E-state index contributed by atoms with van der Waals surface area (Å²) in [7, 11) is -3.80. The molecule has 0 spiro atoms. The van der Waals surface area contributed by atoms with Gasteiger partial charge in [0.2, 0.25) is 21.8 Å². The van der Waals surface area contributed by atoms with Gasteiger partial charge in [-0.05, 0) is 54.2 Å². The smallest absolute Gasteiger partial charge is 0.244 e. The van der Waals surface area contributed by atoms with Crippen LogP contribution in [0.15, 0.2) is 48.5 Å². The summed E-state index contributed by atoms with van der Waals surface area (Å²) in [5.74, 6) is -1.29. The molecule has 2 aromatic carbocycles. The van der Waals surface area contributed by atoms with E-state index < -0.39 is 34.3 Å². The molecule has 1 N–H and O–H groups in total. The highest BCUT2D eigenvalue weighted by molar-refractivity contribution is 7.92. The average molecular weight is 520 g/mol. The van der Waals surface area contributed by atoms with Crippen LogP contribution in [0.1, 0.15) is 58.6 Å². The molecule has 0 heterocycles. The largest absolute Gasteiger partial charge is 0.354 e. The number of unbranched alkanes of at least 4 members (excludes halogenated alkanes) is 1. The van der Waals surface area contributed by atoms with Crippen molar-refractivity contribution in [2.75, 3.05) is 23.7 Å². The number of benzene rings is 2. The minimum absolute atomic E-state index is 0.0298. The van der Waals surface area contributed by atoms with Crippen LogP contribution in [-0.4, -0.2) is 50.5 Å². The highest BCUT2D eigenvalue weighted by Gasteiger charge is 2.30. The molecule has 0 aliphatic heterocycles. The fraction of sp³-hybridized carbons (Fsp3) is 0.481. The molecule has 7 nitrogen and oxygen atoms in total. The van der Waals surface area contributed by atoms with Crippen LogP contribution in [-0.2, 0) is 31.6 Å². The number of hydrogen-bond donors (Lipinski definition) is 1. The van der Waals surface area contributed by atoms with E-state index in [9.17, 15) is 22.4 Å². The summed E-state index contributed by atoms with van der Waals surface area (Å²) in [6.45, 7) is 9.82. The molecule has 0 fully saturated rings. The number of amides is 2. The average Bonchev–Trinajstić information content (AvgIpc) is 2.80. The first-order chi connectivity index (χ1) is 16.7. The third-order valence-corrected chi connectivity index (χ3v) is 7.10. The number of sulfonamides is 1. The van der Waals surface area contributed by atoms with Crippen molar-refractivity contribution in [3.8, 4) is 0 Å². The van der Waals surface area contributed by atoms with Gasteiger partial charge >= 0.3 is 0 Å². The fourth-order valence-electron chi connectivity index (χ4n) is 3.65. The Labute approximate surface area is 214 Å². The number of nitrogens with one attached hydrogen (secondary N) is 1. The number of hydrogen-bond acceptors (Lipinski definition) is 4. The second kappa shape index (κ2) is 12.3. The molecule has 0 aromatic heterocycles. The molecule has 198 valence electrons. The zero-order valence-electron chi connectivity index (χ0n) is 22.0. The Morgan fingerprint density at radius 2 is 1.61 bits per heavy atom. The van der Waals surface area contributed by atoms with Crippen LogP contribution in [0, 0.1) is 5.82 Å². The van der Waals surface area contributed by atoms with E-state index in [1.807, 2.05) is 19.1 Å². The highest BCUT2D eigenvalue weighted by Crippen LogP contribution is 2.26. The molecular formula is C27H38FN3O4S. The Hall–Kier alpha value is -2.94. The highest BCUT2D eigenvalue weighted by atomic mass is 32.2. The summed E-state index contributed by atoms with van der Waals surface area (Å²) in [5, 5.41) is 2.82. The number of halogens is 1. The topological polar surface area (TPSA) is 86.8 Å². The Morgan fingerprint density at radius 1 is 1.03 bits per heavy atom. The fourth-order valence-corrected chi connectivity index (χ4v) is 4.50. The maximum Gasteiger partial charge on any atom is 0.244 e. The van der Waals surface area contributed by atoms with Crippen LogP contribution in [0.4, 0.5) is 10.1 Å². The van der Waals surface area contributed by atoms with E-state index in [4.69, 9.17) is 0 Å². The van der Waals surface area contributed by atoms with Crippen LogP contribution in [0.3, 0.4) is 0 Å². The maximum absolute atomic E-state index is 13.5. The number of carbonyl (C=O) groups excluding carboxylic acids is 2. The lowest BCUT2D eigenvalue weighted by Gasteiger charge is -2.31. The molecule has 0 bridgehead atoms. The Balaban J connectivity index is 2.35. The van der Waals surface area contributed by atoms with Crippen LogP contribution >= 0.6 is 0 Å². The second-order valence-electron chi connectivity index (χ2n) is 10.0. The van der Waals surface area contributed by atoms with Gasteiger partial charge in [0.1, 0.15) is 18.4 Å². The lowest BCUT2D eigenvalue weighted by Crippen LogP contribution is -2.51. The van der Waals surface area contributed by atoms with E-state index in [2.05, 4.69) is 26.1 Å². The molecule has 2 rings (SSSR count). The zero-order valence-corrected chi connectivity index (χ0v) is 22.9. The SMILES string of the molecule is CCCCNC(=O)[C@@H](C)N(Cc1ccc(F)cc1)C(=O)CN(c1ccc(C(C)(C)C)cc1)S(C)(=O)=O. The molecule has 0 aliphatic rings. The van der Waals surface area contributed by atoms with E-state index >= 15 is 0 Å². The Kier molecular flexibility index (Phi) is 10.0. The van der Waals surface area contributed by atoms with Gasteiger partial charge in [0.25, 0.3) is 0 Å². The van der Waals surface area contributed by atoms with Crippen molar-refractivity contribution in [2.45, 2.75) is 65.5 Å². The Morgan fingerprint density at radius 3 is 2.11 bits per heavy atom. The minimum atomic E-state index is -3.80. The molecule has 0 saturated heterocycles. The second-order valence-corrected chi connectivity index (χ2v) is 11.9. The van der Waals surface area contributed by atoms with Gasteiger partial charge < -0.3 is 10.2 Å². The summed E-state index contributed by atoms with van der Waals surface area (Å²) in [5.41, 5.74) is 1.90. The standard InChI is InChI=1S/C27H38FN3O4S/c1-7-8-17-29-26(33)20(2)30(18-21-9-13-23(28)14-10-21)25(32)19-31(36(6,34)35)24-15-11-22(12-16-24)27(3,4)5/h9-16,20H,7-8,17-19H2,1-6H3,(H,29,33)/t20-/m1/s1. The third-order valence-electron chi connectivity index (χ3n) is 5.96. The Bertz CT molecular complexity index is 1130. The van der Waals surface area contributed by atoms with Gasteiger partial charge in [-0.1, -0.05) is 58.4 Å². The van der Waals surface area contributed by atoms with E-state index in [0.29, 0.717) is 17.8 Å². The molecule has 0 unspecified atom stereocenters. The van der Waals surface area contributed by atoms with E-state index in [0.717, 1.165) is 29.0 Å². The summed E-state index contributed by atoms with van der Waals surface area (Å²) in [4.78, 5) is 27.6. The molecular weight excluding hydrogens is 481 g/mol. The number of rotatable bonds is 11. The van der Waals surface area contributed by atoms with Crippen LogP contribution in [0.5, 0.6) is 0 Å². The van der Waals surface area contributed by atoms with Crippen molar-refractivity contribution < 1.29 is 22.4 Å². The van der Waals surface area contributed by atoms with Crippen molar-refractivity contribution in [1.29, 1.82) is 0 Å². The molecule has 36 heavy (non-hydrogen) atoms. The molecule has 2 amide bonds. The lowest BCUT2D eigenvalue weighted by atomic mass is 9.87. The summed E-state index contributed by atoms with van der Waals surface area (Å²) < 4.78 is 39.8. The van der Waals surface area contributed by atoms with Crippen molar-refractivity contribution in [3.05, 3.63) is 65.5 Å². The quantitative estimate of drug-likeness (QED) is 0.451. The molecule has 0 radical (unpaired) electrons. The molecule has 0 saturated carbocycles. The van der Waals surface area contributed by atoms with Crippen LogP contribution in [0.25, 0.3) is 0 Å². The minimum Gasteiger partial charge on any atom is -0.354 e. The molecule has 1 atom stereocenters. The lowest BCUT2D eigenvalue weighted by molar-refractivity contribution is -0.139. The van der Waals surface area contributed by atoms with E-state index in [-0.39, 0.29) is 17.9 Å². The van der Waals surface area contributed by atoms with Crippen LogP contribution < -0.4 is 9.62 Å². The molecule has 9 heteroatoms. The normalized spacial score (nSPS) is 12.6. The maximum atomic E-state index is 13.5. The first kappa shape index (κ1) is 29.3. The van der Waals surface area contributed by atoms with Gasteiger partial charge in [0.15, 0.2) is 0 Å². The summed E-state index contributed by atoms with van der Waals surface area (Å²) >= 11 is 0. The molecule has 0 aliphatic carbocycles. The van der Waals surface area contributed by atoms with Crippen molar-refractivity contribution >= 4 is 27.5 Å². The zero-order chi connectivity index (χ0) is 27.1. The van der Waals surface area contributed by atoms with Gasteiger partial charge in [-0.2, -0.15) is 0 Å². The first-order valence-corrected chi connectivity index (χ1v) is 14.0. The monoisotopic (exact) mass is 519 g/mol. The summed E-state index contributed by atoms with van der Waals surface area (Å²) in [6.07, 6.45) is 2.75. The van der Waals surface area contributed by atoms with Crippen molar-refractivity contribution in [1.82, 2.24) is 10.2 Å². The third kappa shape index (κ3) is 8.33.